The minimum Gasteiger partial charge on any atom is -0.382 e. The zero-order valence-corrected chi connectivity index (χ0v) is 15.6. The topological polar surface area (TPSA) is 66.0 Å². The van der Waals surface area contributed by atoms with Crippen LogP contribution >= 0.6 is 0 Å². The maximum absolute atomic E-state index is 13.3. The molecule has 0 aliphatic heterocycles. The van der Waals surface area contributed by atoms with Crippen LogP contribution in [0.5, 0.6) is 0 Å². The van der Waals surface area contributed by atoms with Gasteiger partial charge >= 0.3 is 0 Å². The van der Waals surface area contributed by atoms with Crippen molar-refractivity contribution in [3.05, 3.63) is 35.1 Å². The third-order valence-corrected chi connectivity index (χ3v) is 3.51. The fraction of sp³-hybridized carbons (Fsp3) is 0.556. The molecule has 0 aromatic heterocycles. The Kier molecular flexibility index (Phi) is 9.54. The van der Waals surface area contributed by atoms with Gasteiger partial charge in [0.25, 0.3) is 0 Å². The van der Waals surface area contributed by atoms with E-state index in [4.69, 9.17) is 4.74 Å². The van der Waals surface area contributed by atoms with Gasteiger partial charge in [0.1, 0.15) is 5.82 Å². The van der Waals surface area contributed by atoms with E-state index in [0.29, 0.717) is 37.8 Å². The number of aryl methyl sites for hydroxylation is 1. The number of hydrogen-bond acceptors (Lipinski definition) is 3. The fourth-order valence-corrected chi connectivity index (χ4v) is 1.99. The van der Waals surface area contributed by atoms with E-state index in [9.17, 15) is 9.18 Å². The van der Waals surface area contributed by atoms with E-state index >= 15 is 0 Å². The molecule has 1 amide bonds. The van der Waals surface area contributed by atoms with E-state index in [2.05, 4.69) is 15.6 Å². The highest BCUT2D eigenvalue weighted by Crippen LogP contribution is 2.09. The molecule has 6 nitrogen and oxygen atoms in total. The lowest BCUT2D eigenvalue weighted by atomic mass is 10.1. The molecule has 0 unspecified atom stereocenters. The van der Waals surface area contributed by atoms with Crippen LogP contribution in [0.1, 0.15) is 24.5 Å². The average Bonchev–Trinajstić information content (AvgIpc) is 2.58. The van der Waals surface area contributed by atoms with Crippen LogP contribution in [-0.4, -0.2) is 57.2 Å². The summed E-state index contributed by atoms with van der Waals surface area (Å²) in [5, 5.41) is 6.20. The number of aliphatic imine (C=N–C) groups is 1. The number of carbonyl (C=O) groups is 1. The van der Waals surface area contributed by atoms with Gasteiger partial charge in [0.2, 0.25) is 5.91 Å². The molecule has 1 rings (SSSR count). The molecule has 0 bridgehead atoms. The molecule has 0 radical (unpaired) electrons. The predicted molar refractivity (Wildman–Crippen MR) is 98.1 cm³/mol. The third-order valence-electron chi connectivity index (χ3n) is 3.51. The largest absolute Gasteiger partial charge is 0.382 e. The van der Waals surface area contributed by atoms with Crippen LogP contribution in [-0.2, 0) is 16.1 Å². The highest BCUT2D eigenvalue weighted by molar-refractivity contribution is 5.86. The number of likely N-dealkylation sites (N-methyl/N-ethyl adjacent to an activating group) is 1. The third kappa shape index (κ3) is 8.49. The van der Waals surface area contributed by atoms with E-state index in [1.165, 1.54) is 11.0 Å². The lowest BCUT2D eigenvalue weighted by Gasteiger charge is -2.15. The van der Waals surface area contributed by atoms with Crippen molar-refractivity contribution in [1.29, 1.82) is 0 Å². The van der Waals surface area contributed by atoms with Gasteiger partial charge in [-0.1, -0.05) is 12.1 Å². The Morgan fingerprint density at radius 1 is 1.32 bits per heavy atom. The number of amides is 1. The lowest BCUT2D eigenvalue weighted by Crippen LogP contribution is -2.43. The van der Waals surface area contributed by atoms with Gasteiger partial charge in [-0.05, 0) is 37.5 Å². The standard InChI is InChI=1S/C18H29FN4O2/c1-5-25-10-6-9-20-18(22-13-17(24)23(3)4)21-12-15-7-8-16(19)14(2)11-15/h7-8,11H,5-6,9-10,12-13H2,1-4H3,(H2,20,21,22). The van der Waals surface area contributed by atoms with E-state index in [1.54, 1.807) is 33.2 Å². The van der Waals surface area contributed by atoms with Crippen molar-refractivity contribution in [2.45, 2.75) is 26.8 Å². The Hall–Kier alpha value is -2.15. The van der Waals surface area contributed by atoms with Gasteiger partial charge < -0.3 is 20.3 Å². The normalized spacial score (nSPS) is 11.3. The lowest BCUT2D eigenvalue weighted by molar-refractivity contribution is -0.127. The highest BCUT2D eigenvalue weighted by atomic mass is 19.1. The molecule has 0 fully saturated rings. The van der Waals surface area contributed by atoms with Crippen molar-refractivity contribution in [2.24, 2.45) is 4.99 Å². The summed E-state index contributed by atoms with van der Waals surface area (Å²) in [4.78, 5) is 17.7. The van der Waals surface area contributed by atoms with Gasteiger partial charge in [-0.2, -0.15) is 0 Å². The Morgan fingerprint density at radius 2 is 2.08 bits per heavy atom. The van der Waals surface area contributed by atoms with Crippen LogP contribution in [0.4, 0.5) is 4.39 Å². The van der Waals surface area contributed by atoms with Gasteiger partial charge in [0, 0.05) is 33.9 Å². The molecule has 0 saturated heterocycles. The molecular weight excluding hydrogens is 323 g/mol. The van der Waals surface area contributed by atoms with Crippen LogP contribution in [0.25, 0.3) is 0 Å². The first-order chi connectivity index (χ1) is 11.9. The molecule has 0 aliphatic rings. The summed E-state index contributed by atoms with van der Waals surface area (Å²) in [6.45, 7) is 6.29. The van der Waals surface area contributed by atoms with Gasteiger partial charge in [-0.15, -0.1) is 0 Å². The molecule has 0 saturated carbocycles. The van der Waals surface area contributed by atoms with Crippen LogP contribution in [0.3, 0.4) is 0 Å². The number of halogens is 1. The Labute approximate surface area is 149 Å². The smallest absolute Gasteiger partial charge is 0.241 e. The summed E-state index contributed by atoms with van der Waals surface area (Å²) in [6, 6.07) is 4.93. The van der Waals surface area contributed by atoms with Crippen molar-refractivity contribution in [1.82, 2.24) is 15.5 Å². The fourth-order valence-electron chi connectivity index (χ4n) is 1.99. The Bertz CT molecular complexity index is 576. The number of carbonyl (C=O) groups excluding carboxylic acids is 1. The summed E-state index contributed by atoms with van der Waals surface area (Å²) in [5.41, 5.74) is 1.50. The Balaban J connectivity index is 2.63. The second-order valence-corrected chi connectivity index (χ2v) is 5.87. The second-order valence-electron chi connectivity index (χ2n) is 5.87. The van der Waals surface area contributed by atoms with E-state index in [-0.39, 0.29) is 18.3 Å². The number of rotatable bonds is 9. The number of guanidine groups is 1. The van der Waals surface area contributed by atoms with Gasteiger partial charge in [-0.25, -0.2) is 9.38 Å². The number of ether oxygens (including phenoxy) is 1. The summed E-state index contributed by atoms with van der Waals surface area (Å²) in [5.74, 6) is 0.284. The van der Waals surface area contributed by atoms with Crippen molar-refractivity contribution in [3.8, 4) is 0 Å². The molecular formula is C18H29FN4O2. The van der Waals surface area contributed by atoms with Crippen LogP contribution in [0.15, 0.2) is 23.2 Å². The molecule has 0 aliphatic carbocycles. The highest BCUT2D eigenvalue weighted by Gasteiger charge is 2.06. The molecule has 0 spiro atoms. The monoisotopic (exact) mass is 352 g/mol. The zero-order chi connectivity index (χ0) is 18.7. The molecule has 1 aromatic carbocycles. The van der Waals surface area contributed by atoms with Crippen LogP contribution in [0, 0.1) is 12.7 Å². The molecule has 140 valence electrons. The SMILES string of the molecule is CCOCCCNC(=NCc1ccc(F)c(C)c1)NCC(=O)N(C)C. The van der Waals surface area contributed by atoms with Gasteiger partial charge in [0.15, 0.2) is 5.96 Å². The summed E-state index contributed by atoms with van der Waals surface area (Å²) in [6.07, 6.45) is 0.839. The van der Waals surface area contributed by atoms with Crippen LogP contribution in [0.2, 0.25) is 0 Å². The van der Waals surface area contributed by atoms with E-state index < -0.39 is 0 Å². The van der Waals surface area contributed by atoms with E-state index in [1.807, 2.05) is 6.92 Å². The van der Waals surface area contributed by atoms with E-state index in [0.717, 1.165) is 12.0 Å². The summed E-state index contributed by atoms with van der Waals surface area (Å²) in [7, 11) is 3.41. The maximum atomic E-state index is 13.3. The number of nitrogens with zero attached hydrogens (tertiary/aromatic N) is 2. The quantitative estimate of drug-likeness (QED) is 0.403. The molecule has 1 aromatic rings. The zero-order valence-electron chi connectivity index (χ0n) is 15.6. The number of hydrogen-bond donors (Lipinski definition) is 2. The number of benzene rings is 1. The van der Waals surface area contributed by atoms with Crippen molar-refractivity contribution in [2.75, 3.05) is 40.4 Å². The molecule has 7 heteroatoms. The first-order valence-electron chi connectivity index (χ1n) is 8.49. The summed E-state index contributed by atoms with van der Waals surface area (Å²) >= 11 is 0. The van der Waals surface area contributed by atoms with Crippen LogP contribution < -0.4 is 10.6 Å². The minimum atomic E-state index is -0.225. The molecule has 0 heterocycles. The number of nitrogens with one attached hydrogen (secondary N) is 2. The summed E-state index contributed by atoms with van der Waals surface area (Å²) < 4.78 is 18.6. The second kappa shape index (κ2) is 11.4. The first-order valence-corrected chi connectivity index (χ1v) is 8.49. The predicted octanol–water partition coefficient (Wildman–Crippen LogP) is 1.68. The minimum absolute atomic E-state index is 0.0403. The molecule has 0 atom stereocenters. The average molecular weight is 352 g/mol. The van der Waals surface area contributed by atoms with Crippen molar-refractivity contribution in [3.63, 3.8) is 0 Å². The Morgan fingerprint density at radius 3 is 2.72 bits per heavy atom. The van der Waals surface area contributed by atoms with Crippen molar-refractivity contribution < 1.29 is 13.9 Å². The van der Waals surface area contributed by atoms with Crippen molar-refractivity contribution >= 4 is 11.9 Å². The molecule has 25 heavy (non-hydrogen) atoms. The van der Waals surface area contributed by atoms with Gasteiger partial charge in [0.05, 0.1) is 13.1 Å². The maximum Gasteiger partial charge on any atom is 0.241 e. The van der Waals surface area contributed by atoms with Gasteiger partial charge in [-0.3, -0.25) is 4.79 Å². The molecule has 2 N–H and O–H groups in total. The first kappa shape index (κ1) is 20.9.